The number of aldehydes is 1. The predicted octanol–water partition coefficient (Wildman–Crippen LogP) is 0.808. The van der Waals surface area contributed by atoms with Crippen molar-refractivity contribution in [1.29, 1.82) is 0 Å². The van der Waals surface area contributed by atoms with Crippen LogP contribution in [-0.4, -0.2) is 21.5 Å². The van der Waals surface area contributed by atoms with E-state index in [-0.39, 0.29) is 11.7 Å². The number of nitrogens with zero attached hydrogens (tertiary/aromatic N) is 3. The van der Waals surface area contributed by atoms with Gasteiger partial charge in [0.25, 0.3) is 0 Å². The number of hydrogen-bond acceptors (Lipinski definition) is 4. The summed E-state index contributed by atoms with van der Waals surface area (Å²) in [4.78, 5) is 14.2. The Morgan fingerprint density at radius 1 is 1.55 bits per heavy atom. The Balaban J connectivity index is 3.00. The van der Waals surface area contributed by atoms with Crippen molar-refractivity contribution in [3.63, 3.8) is 0 Å². The Morgan fingerprint density at radius 2 is 2.27 bits per heavy atom. The minimum absolute atomic E-state index is 0.149. The van der Waals surface area contributed by atoms with Gasteiger partial charge in [-0.2, -0.15) is 5.10 Å². The third kappa shape index (κ3) is 1.80. The fourth-order valence-corrected chi connectivity index (χ4v) is 0.659. The summed E-state index contributed by atoms with van der Waals surface area (Å²) < 4.78 is 0. The van der Waals surface area contributed by atoms with E-state index >= 15 is 0 Å². The molecule has 0 aliphatic carbocycles. The van der Waals surface area contributed by atoms with E-state index in [4.69, 9.17) is 0 Å². The van der Waals surface area contributed by atoms with E-state index in [0.29, 0.717) is 6.29 Å². The minimum Gasteiger partial charge on any atom is -0.294 e. The van der Waals surface area contributed by atoms with Crippen LogP contribution in [0.5, 0.6) is 0 Å². The summed E-state index contributed by atoms with van der Waals surface area (Å²) in [6.07, 6.45) is 2.16. The van der Waals surface area contributed by atoms with Crippen LogP contribution >= 0.6 is 0 Å². The zero-order valence-corrected chi connectivity index (χ0v) is 6.48. The van der Waals surface area contributed by atoms with Crippen molar-refractivity contribution in [2.24, 2.45) is 0 Å². The first-order chi connectivity index (χ1) is 5.24. The summed E-state index contributed by atoms with van der Waals surface area (Å²) in [6, 6.07) is 0. The van der Waals surface area contributed by atoms with Crippen molar-refractivity contribution >= 4 is 6.29 Å². The smallest absolute Gasteiger partial charge is 0.214 e. The van der Waals surface area contributed by atoms with Crippen molar-refractivity contribution in [3.8, 4) is 0 Å². The molecule has 0 fully saturated rings. The van der Waals surface area contributed by atoms with Crippen LogP contribution in [0.4, 0.5) is 0 Å². The lowest BCUT2D eigenvalue weighted by molar-refractivity contribution is 0.111. The number of carbonyl (C=O) groups is 1. The maximum absolute atomic E-state index is 10.2. The van der Waals surface area contributed by atoms with Gasteiger partial charge in [-0.15, -0.1) is 5.10 Å². The van der Waals surface area contributed by atoms with Gasteiger partial charge in [-0.3, -0.25) is 4.79 Å². The first kappa shape index (κ1) is 7.78. The molecule has 0 saturated carbocycles. The van der Waals surface area contributed by atoms with Gasteiger partial charge in [0.2, 0.25) is 5.82 Å². The van der Waals surface area contributed by atoms with Crippen LogP contribution in [0.3, 0.4) is 0 Å². The van der Waals surface area contributed by atoms with E-state index < -0.39 is 0 Å². The van der Waals surface area contributed by atoms with Gasteiger partial charge in [0.05, 0.1) is 11.9 Å². The Morgan fingerprint density at radius 3 is 2.82 bits per heavy atom. The second-order valence-electron chi connectivity index (χ2n) is 2.51. The zero-order valence-electron chi connectivity index (χ0n) is 6.48. The van der Waals surface area contributed by atoms with Crippen LogP contribution in [0.25, 0.3) is 0 Å². The van der Waals surface area contributed by atoms with E-state index in [0.717, 1.165) is 5.69 Å². The molecule has 58 valence electrons. The monoisotopic (exact) mass is 151 g/mol. The van der Waals surface area contributed by atoms with Gasteiger partial charge in [-0.05, 0) is 5.92 Å². The van der Waals surface area contributed by atoms with Crippen LogP contribution in [-0.2, 0) is 0 Å². The lowest BCUT2D eigenvalue weighted by atomic mass is 10.1. The van der Waals surface area contributed by atoms with Crippen LogP contribution in [0.15, 0.2) is 6.20 Å². The van der Waals surface area contributed by atoms with Gasteiger partial charge < -0.3 is 0 Å². The predicted molar refractivity (Wildman–Crippen MR) is 39.3 cm³/mol. The molecule has 1 rings (SSSR count). The highest BCUT2D eigenvalue weighted by Gasteiger charge is 2.02. The largest absolute Gasteiger partial charge is 0.294 e. The van der Waals surface area contributed by atoms with Gasteiger partial charge in [-0.25, -0.2) is 4.98 Å². The van der Waals surface area contributed by atoms with Crippen LogP contribution in [0.2, 0.25) is 0 Å². The van der Waals surface area contributed by atoms with E-state index in [2.05, 4.69) is 15.2 Å². The fourth-order valence-electron chi connectivity index (χ4n) is 0.659. The van der Waals surface area contributed by atoms with Gasteiger partial charge >= 0.3 is 0 Å². The summed E-state index contributed by atoms with van der Waals surface area (Å²) in [7, 11) is 0. The first-order valence-electron chi connectivity index (χ1n) is 3.39. The molecule has 1 aromatic heterocycles. The van der Waals surface area contributed by atoms with E-state index in [1.165, 1.54) is 0 Å². The number of hydrogen-bond donors (Lipinski definition) is 0. The lowest BCUT2D eigenvalue weighted by Gasteiger charge is -2.00. The molecule has 0 unspecified atom stereocenters. The zero-order chi connectivity index (χ0) is 8.27. The molecule has 0 spiro atoms. The third-order valence-electron chi connectivity index (χ3n) is 1.29. The molecule has 0 aromatic carbocycles. The Kier molecular flexibility index (Phi) is 2.25. The van der Waals surface area contributed by atoms with Crippen molar-refractivity contribution in [2.75, 3.05) is 0 Å². The Labute approximate surface area is 64.7 Å². The van der Waals surface area contributed by atoms with Gasteiger partial charge in [0.15, 0.2) is 6.29 Å². The standard InChI is InChI=1S/C7H9N3O/c1-5(2)6-3-8-10-7(4-11)9-6/h3-5H,1-2H3. The molecule has 11 heavy (non-hydrogen) atoms. The number of rotatable bonds is 2. The first-order valence-corrected chi connectivity index (χ1v) is 3.39. The lowest BCUT2D eigenvalue weighted by Crippen LogP contribution is -2.01. The van der Waals surface area contributed by atoms with Crippen LogP contribution in [0, 0.1) is 0 Å². The maximum atomic E-state index is 10.2. The van der Waals surface area contributed by atoms with Crippen LogP contribution < -0.4 is 0 Å². The Bertz CT molecular complexity index is 260. The molecule has 0 aliphatic heterocycles. The second kappa shape index (κ2) is 3.18. The molecule has 1 aromatic rings. The summed E-state index contributed by atoms with van der Waals surface area (Å²) in [5.41, 5.74) is 0.794. The fraction of sp³-hybridized carbons (Fsp3) is 0.429. The maximum Gasteiger partial charge on any atom is 0.214 e. The molecule has 0 amide bonds. The van der Waals surface area contributed by atoms with Crippen molar-refractivity contribution in [3.05, 3.63) is 17.7 Å². The molecule has 0 N–H and O–H groups in total. The molecule has 4 nitrogen and oxygen atoms in total. The quantitative estimate of drug-likeness (QED) is 0.587. The highest BCUT2D eigenvalue weighted by Crippen LogP contribution is 2.07. The van der Waals surface area contributed by atoms with Crippen molar-refractivity contribution in [1.82, 2.24) is 15.2 Å². The number of carbonyl (C=O) groups excluding carboxylic acids is 1. The SMILES string of the molecule is CC(C)c1cnnc(C=O)n1. The summed E-state index contributed by atoms with van der Waals surface area (Å²) in [5.74, 6) is 0.431. The molecule has 4 heteroatoms. The third-order valence-corrected chi connectivity index (χ3v) is 1.29. The summed E-state index contributed by atoms with van der Waals surface area (Å²) in [5, 5.41) is 7.14. The van der Waals surface area contributed by atoms with E-state index in [9.17, 15) is 4.79 Å². The number of aromatic nitrogens is 3. The molecular weight excluding hydrogens is 142 g/mol. The average Bonchev–Trinajstić information content (AvgIpc) is 2.05. The minimum atomic E-state index is 0.149. The van der Waals surface area contributed by atoms with Crippen LogP contribution in [0.1, 0.15) is 36.1 Å². The molecule has 0 radical (unpaired) electrons. The Hall–Kier alpha value is -1.32. The topological polar surface area (TPSA) is 55.7 Å². The van der Waals surface area contributed by atoms with Crippen molar-refractivity contribution in [2.45, 2.75) is 19.8 Å². The molecule has 0 aliphatic rings. The summed E-state index contributed by atoms with van der Waals surface area (Å²) >= 11 is 0. The van der Waals surface area contributed by atoms with Gasteiger partial charge in [0.1, 0.15) is 0 Å². The molecule has 1 heterocycles. The van der Waals surface area contributed by atoms with Gasteiger partial charge in [0, 0.05) is 0 Å². The molecule has 0 saturated heterocycles. The average molecular weight is 151 g/mol. The normalized spacial score (nSPS) is 10.1. The van der Waals surface area contributed by atoms with E-state index in [1.54, 1.807) is 6.20 Å². The van der Waals surface area contributed by atoms with Crippen molar-refractivity contribution < 1.29 is 4.79 Å². The second-order valence-corrected chi connectivity index (χ2v) is 2.51. The molecule has 0 bridgehead atoms. The highest BCUT2D eigenvalue weighted by molar-refractivity contribution is 5.68. The summed E-state index contributed by atoms with van der Waals surface area (Å²) in [6.45, 7) is 3.97. The van der Waals surface area contributed by atoms with E-state index in [1.807, 2.05) is 13.8 Å². The highest BCUT2D eigenvalue weighted by atomic mass is 16.1. The van der Waals surface area contributed by atoms with Gasteiger partial charge in [-0.1, -0.05) is 13.8 Å². The molecule has 0 atom stereocenters. The molecular formula is C7H9N3O.